The first kappa shape index (κ1) is 13.4. The van der Waals surface area contributed by atoms with Gasteiger partial charge in [-0.15, -0.1) is 0 Å². The van der Waals surface area contributed by atoms with Gasteiger partial charge in [0, 0.05) is 20.0 Å². The normalized spacial score (nSPS) is 10.8. The SMILES string of the molecule is CCNCCc1c(O)n(C)c(=O)n1-c1ccccc1. The van der Waals surface area contributed by atoms with Gasteiger partial charge in [-0.1, -0.05) is 25.1 Å². The maximum atomic E-state index is 12.2. The van der Waals surface area contributed by atoms with Gasteiger partial charge in [-0.2, -0.15) is 0 Å². The van der Waals surface area contributed by atoms with Gasteiger partial charge in [0.15, 0.2) is 0 Å². The highest BCUT2D eigenvalue weighted by Crippen LogP contribution is 2.18. The zero-order valence-corrected chi connectivity index (χ0v) is 11.3. The van der Waals surface area contributed by atoms with E-state index < -0.39 is 0 Å². The highest BCUT2D eigenvalue weighted by molar-refractivity contribution is 5.37. The molecular weight excluding hydrogens is 242 g/mol. The van der Waals surface area contributed by atoms with Crippen molar-refractivity contribution >= 4 is 0 Å². The fourth-order valence-corrected chi connectivity index (χ4v) is 2.10. The molecule has 19 heavy (non-hydrogen) atoms. The van der Waals surface area contributed by atoms with Crippen molar-refractivity contribution < 1.29 is 5.11 Å². The number of likely N-dealkylation sites (N-methyl/N-ethyl adjacent to an activating group) is 1. The quantitative estimate of drug-likeness (QED) is 0.790. The molecule has 0 aliphatic carbocycles. The molecule has 5 nitrogen and oxygen atoms in total. The second kappa shape index (κ2) is 5.75. The topological polar surface area (TPSA) is 59.2 Å². The van der Waals surface area contributed by atoms with Crippen LogP contribution in [-0.4, -0.2) is 27.3 Å². The lowest BCUT2D eigenvalue weighted by atomic mass is 10.2. The lowest BCUT2D eigenvalue weighted by Crippen LogP contribution is -2.23. The van der Waals surface area contributed by atoms with Gasteiger partial charge in [-0.05, 0) is 18.7 Å². The molecule has 0 radical (unpaired) electrons. The molecule has 1 aromatic heterocycles. The summed E-state index contributed by atoms with van der Waals surface area (Å²) < 4.78 is 2.83. The third-order valence-corrected chi connectivity index (χ3v) is 3.13. The van der Waals surface area contributed by atoms with Gasteiger partial charge in [0.1, 0.15) is 0 Å². The molecule has 2 rings (SSSR count). The van der Waals surface area contributed by atoms with Crippen LogP contribution >= 0.6 is 0 Å². The number of nitrogens with zero attached hydrogens (tertiary/aromatic N) is 2. The lowest BCUT2D eigenvalue weighted by Gasteiger charge is -2.07. The smallest absolute Gasteiger partial charge is 0.335 e. The van der Waals surface area contributed by atoms with Crippen molar-refractivity contribution in [1.29, 1.82) is 0 Å². The summed E-state index contributed by atoms with van der Waals surface area (Å²) >= 11 is 0. The summed E-state index contributed by atoms with van der Waals surface area (Å²) in [6.07, 6.45) is 0.602. The number of aromatic hydroxyl groups is 1. The van der Waals surface area contributed by atoms with E-state index in [1.807, 2.05) is 37.3 Å². The number of rotatable bonds is 5. The Morgan fingerprint density at radius 1 is 1.26 bits per heavy atom. The molecule has 0 aliphatic rings. The largest absolute Gasteiger partial charge is 0.493 e. The van der Waals surface area contributed by atoms with Crippen molar-refractivity contribution in [3.63, 3.8) is 0 Å². The lowest BCUT2D eigenvalue weighted by molar-refractivity contribution is 0.422. The molecule has 2 N–H and O–H groups in total. The number of nitrogens with one attached hydrogen (secondary N) is 1. The fraction of sp³-hybridized carbons (Fsp3) is 0.357. The Balaban J connectivity index is 2.47. The van der Waals surface area contributed by atoms with E-state index in [1.54, 1.807) is 11.6 Å². The van der Waals surface area contributed by atoms with Crippen LogP contribution in [0.25, 0.3) is 5.69 Å². The van der Waals surface area contributed by atoms with Gasteiger partial charge in [-0.25, -0.2) is 4.79 Å². The summed E-state index contributed by atoms with van der Waals surface area (Å²) in [5.41, 5.74) is 1.18. The molecule has 1 aromatic carbocycles. The molecule has 102 valence electrons. The molecule has 0 aliphatic heterocycles. The van der Waals surface area contributed by atoms with Crippen LogP contribution in [-0.2, 0) is 13.5 Å². The van der Waals surface area contributed by atoms with Crippen LogP contribution in [0.2, 0.25) is 0 Å². The van der Waals surface area contributed by atoms with Gasteiger partial charge in [-0.3, -0.25) is 9.13 Å². The van der Waals surface area contributed by atoms with E-state index in [0.717, 1.165) is 18.8 Å². The van der Waals surface area contributed by atoms with E-state index in [2.05, 4.69) is 5.32 Å². The summed E-state index contributed by atoms with van der Waals surface area (Å²) in [6, 6.07) is 9.37. The van der Waals surface area contributed by atoms with Crippen LogP contribution in [0.5, 0.6) is 5.88 Å². The fourth-order valence-electron chi connectivity index (χ4n) is 2.10. The van der Waals surface area contributed by atoms with Gasteiger partial charge in [0.2, 0.25) is 5.88 Å². The van der Waals surface area contributed by atoms with E-state index >= 15 is 0 Å². The van der Waals surface area contributed by atoms with Crippen molar-refractivity contribution in [1.82, 2.24) is 14.5 Å². The molecule has 1 heterocycles. The van der Waals surface area contributed by atoms with Gasteiger partial charge in [0.05, 0.1) is 11.4 Å². The van der Waals surface area contributed by atoms with E-state index in [-0.39, 0.29) is 11.6 Å². The Morgan fingerprint density at radius 3 is 2.58 bits per heavy atom. The number of para-hydroxylation sites is 1. The third kappa shape index (κ3) is 2.56. The van der Waals surface area contributed by atoms with Crippen LogP contribution in [0.3, 0.4) is 0 Å². The zero-order valence-electron chi connectivity index (χ0n) is 11.3. The Kier molecular flexibility index (Phi) is 4.06. The molecule has 0 saturated carbocycles. The first-order chi connectivity index (χ1) is 9.16. The highest BCUT2D eigenvalue weighted by atomic mass is 16.3. The summed E-state index contributed by atoms with van der Waals surface area (Å²) in [5, 5.41) is 13.3. The van der Waals surface area contributed by atoms with Crippen LogP contribution in [0.15, 0.2) is 35.1 Å². The molecule has 0 spiro atoms. The maximum Gasteiger partial charge on any atom is 0.335 e. The van der Waals surface area contributed by atoms with Crippen molar-refractivity contribution in [2.24, 2.45) is 7.05 Å². The van der Waals surface area contributed by atoms with Crippen molar-refractivity contribution in [2.45, 2.75) is 13.3 Å². The number of hydrogen-bond donors (Lipinski definition) is 2. The average Bonchev–Trinajstić information content (AvgIpc) is 2.65. The Hall–Kier alpha value is -2.01. The zero-order chi connectivity index (χ0) is 13.8. The minimum absolute atomic E-state index is 0.0340. The van der Waals surface area contributed by atoms with Crippen molar-refractivity contribution in [3.05, 3.63) is 46.5 Å². The Labute approximate surface area is 112 Å². The highest BCUT2D eigenvalue weighted by Gasteiger charge is 2.17. The summed E-state index contributed by atoms with van der Waals surface area (Å²) in [5.74, 6) is 0.0340. The van der Waals surface area contributed by atoms with Crippen LogP contribution in [0.1, 0.15) is 12.6 Å². The van der Waals surface area contributed by atoms with Crippen LogP contribution in [0, 0.1) is 0 Å². The molecule has 0 fully saturated rings. The van der Waals surface area contributed by atoms with E-state index in [1.165, 1.54) is 4.57 Å². The average molecular weight is 261 g/mol. The molecule has 0 atom stereocenters. The first-order valence-electron chi connectivity index (χ1n) is 6.42. The molecule has 5 heteroatoms. The van der Waals surface area contributed by atoms with E-state index in [4.69, 9.17) is 0 Å². The van der Waals surface area contributed by atoms with Crippen molar-refractivity contribution in [3.8, 4) is 11.6 Å². The molecule has 2 aromatic rings. The maximum absolute atomic E-state index is 12.2. The summed E-state index contributed by atoms with van der Waals surface area (Å²) in [7, 11) is 1.58. The monoisotopic (exact) mass is 261 g/mol. The van der Waals surface area contributed by atoms with Crippen molar-refractivity contribution in [2.75, 3.05) is 13.1 Å². The Bertz CT molecular complexity index is 599. The number of aromatic nitrogens is 2. The standard InChI is InChI=1S/C14H19N3O2/c1-3-15-10-9-12-13(18)16(2)14(19)17(12)11-7-5-4-6-8-11/h4-8,15,18H,3,9-10H2,1-2H3. The van der Waals surface area contributed by atoms with Crippen LogP contribution in [0.4, 0.5) is 0 Å². The number of benzene rings is 1. The molecule has 0 bridgehead atoms. The predicted molar refractivity (Wildman–Crippen MR) is 74.9 cm³/mol. The van der Waals surface area contributed by atoms with E-state index in [0.29, 0.717) is 12.1 Å². The molecular formula is C14H19N3O2. The van der Waals surface area contributed by atoms with Gasteiger partial charge < -0.3 is 10.4 Å². The molecule has 0 unspecified atom stereocenters. The number of imidazole rings is 1. The third-order valence-electron chi connectivity index (χ3n) is 3.13. The second-order valence-electron chi connectivity index (χ2n) is 4.39. The van der Waals surface area contributed by atoms with Gasteiger partial charge >= 0.3 is 5.69 Å². The van der Waals surface area contributed by atoms with E-state index in [9.17, 15) is 9.90 Å². The summed E-state index contributed by atoms with van der Waals surface area (Å²) in [6.45, 7) is 3.61. The van der Waals surface area contributed by atoms with Gasteiger partial charge in [0.25, 0.3) is 0 Å². The molecule has 0 amide bonds. The van der Waals surface area contributed by atoms with Crippen LogP contribution < -0.4 is 11.0 Å². The minimum atomic E-state index is -0.227. The predicted octanol–water partition coefficient (Wildman–Crippen LogP) is 1.03. The molecule has 0 saturated heterocycles. The Morgan fingerprint density at radius 2 is 1.95 bits per heavy atom. The summed E-state index contributed by atoms with van der Waals surface area (Å²) in [4.78, 5) is 12.2. The number of hydrogen-bond acceptors (Lipinski definition) is 3. The minimum Gasteiger partial charge on any atom is -0.493 e. The first-order valence-corrected chi connectivity index (χ1v) is 6.42. The second-order valence-corrected chi connectivity index (χ2v) is 4.39.